The van der Waals surface area contributed by atoms with Crippen LogP contribution in [0.3, 0.4) is 0 Å². The maximum atomic E-state index is 13.1. The number of carboxylic acid groups (broad SMARTS) is 1. The van der Waals surface area contributed by atoms with Gasteiger partial charge in [-0.1, -0.05) is 37.1 Å². The molecule has 2 fully saturated rings. The summed E-state index contributed by atoms with van der Waals surface area (Å²) >= 11 is 0. The van der Waals surface area contributed by atoms with E-state index in [0.717, 1.165) is 31.2 Å². The smallest absolute Gasteiger partial charge is 0.326 e. The number of hydrogen-bond donors (Lipinski definition) is 1. The molecule has 28 heavy (non-hydrogen) atoms. The molecule has 3 unspecified atom stereocenters. The quantitative estimate of drug-likeness (QED) is 0.809. The summed E-state index contributed by atoms with van der Waals surface area (Å²) in [4.78, 5) is 37.8. The summed E-state index contributed by atoms with van der Waals surface area (Å²) in [6.45, 7) is 1.51. The van der Waals surface area contributed by atoms with E-state index < -0.39 is 12.0 Å². The van der Waals surface area contributed by atoms with Crippen molar-refractivity contribution >= 4 is 17.7 Å². The lowest BCUT2D eigenvalue weighted by molar-refractivity contribution is -0.141. The number of amides is 1. The van der Waals surface area contributed by atoms with Gasteiger partial charge in [0.15, 0.2) is 11.5 Å². The highest BCUT2D eigenvalue weighted by Gasteiger charge is 2.48. The molecule has 1 aliphatic heterocycles. The number of fused-ring (bicyclic) bond motifs is 1. The molecule has 2 aliphatic rings. The summed E-state index contributed by atoms with van der Waals surface area (Å²) in [6.07, 6.45) is 4.45. The predicted octanol–water partition coefficient (Wildman–Crippen LogP) is 4.01. The zero-order valence-electron chi connectivity index (χ0n) is 15.8. The van der Waals surface area contributed by atoms with Gasteiger partial charge in [0.2, 0.25) is 0 Å². The van der Waals surface area contributed by atoms with E-state index in [9.17, 15) is 19.5 Å². The molecule has 1 saturated heterocycles. The molecular weight excluding hydrogens is 358 g/mol. The maximum Gasteiger partial charge on any atom is 0.326 e. The Hall–Kier alpha value is -2.89. The zero-order valence-corrected chi connectivity index (χ0v) is 15.8. The van der Waals surface area contributed by atoms with Gasteiger partial charge in [-0.3, -0.25) is 9.59 Å². The fraction of sp³-hybridized carbons (Fsp3) is 0.409. The highest BCUT2D eigenvalue weighted by atomic mass is 16.4. The summed E-state index contributed by atoms with van der Waals surface area (Å²) in [5, 5.41) is 9.63. The number of carboxylic acids is 1. The van der Waals surface area contributed by atoms with Crippen LogP contribution in [0.15, 0.2) is 40.8 Å². The molecule has 2 aromatic rings. The number of rotatable bonds is 4. The predicted molar refractivity (Wildman–Crippen MR) is 102 cm³/mol. The first-order valence-corrected chi connectivity index (χ1v) is 9.72. The minimum absolute atomic E-state index is 0.0161. The molecule has 146 valence electrons. The van der Waals surface area contributed by atoms with Crippen LogP contribution in [0.5, 0.6) is 0 Å². The number of carbonyl (C=O) groups is 3. The first kappa shape index (κ1) is 18.5. The zero-order chi connectivity index (χ0) is 19.8. The molecule has 3 atom stereocenters. The summed E-state index contributed by atoms with van der Waals surface area (Å²) in [6, 6.07) is 9.49. The molecule has 2 heterocycles. The van der Waals surface area contributed by atoms with Crippen LogP contribution in [0, 0.1) is 5.92 Å². The van der Waals surface area contributed by atoms with E-state index in [-0.39, 0.29) is 29.4 Å². The van der Waals surface area contributed by atoms with Gasteiger partial charge < -0.3 is 14.4 Å². The van der Waals surface area contributed by atoms with Gasteiger partial charge in [-0.2, -0.15) is 0 Å². The third-order valence-electron chi connectivity index (χ3n) is 6.00. The molecule has 0 spiro atoms. The number of carbonyl (C=O) groups excluding carboxylic acids is 2. The highest BCUT2D eigenvalue weighted by Crippen LogP contribution is 2.40. The number of Topliss-reactive ketones (excluding diaryl/α,β-unsaturated/α-hetero) is 1. The molecular formula is C22H23NO5. The van der Waals surface area contributed by atoms with Crippen LogP contribution in [-0.4, -0.2) is 39.7 Å². The first-order valence-electron chi connectivity index (χ1n) is 9.72. The van der Waals surface area contributed by atoms with Crippen molar-refractivity contribution in [2.24, 2.45) is 5.92 Å². The fourth-order valence-corrected chi connectivity index (χ4v) is 4.58. The lowest BCUT2D eigenvalue weighted by atomic mass is 9.84. The second-order valence-electron chi connectivity index (χ2n) is 7.71. The van der Waals surface area contributed by atoms with Crippen LogP contribution < -0.4 is 0 Å². The van der Waals surface area contributed by atoms with E-state index in [2.05, 4.69) is 0 Å². The van der Waals surface area contributed by atoms with Gasteiger partial charge in [-0.15, -0.1) is 0 Å². The SMILES string of the molecule is CC(=O)c1ccc(-c2ccc(C(=O)N3C(C(=O)O)CC4CCCCC43)o2)cc1. The molecule has 1 aromatic heterocycles. The van der Waals surface area contributed by atoms with Crippen molar-refractivity contribution in [3.63, 3.8) is 0 Å². The Labute approximate surface area is 163 Å². The van der Waals surface area contributed by atoms with Gasteiger partial charge in [-0.25, -0.2) is 4.79 Å². The van der Waals surface area contributed by atoms with Gasteiger partial charge in [0.05, 0.1) is 0 Å². The summed E-state index contributed by atoms with van der Waals surface area (Å²) < 4.78 is 5.78. The standard InChI is InChI=1S/C22H23NO5/c1-13(24)14-6-8-15(9-7-14)19-10-11-20(28-19)21(25)23-17-5-3-2-4-16(17)12-18(23)22(26)27/h6-11,16-18H,2-5,12H2,1H3,(H,26,27). The number of aliphatic carboxylic acids is 1. The molecule has 1 N–H and O–H groups in total. The number of furan rings is 1. The van der Waals surface area contributed by atoms with E-state index in [1.54, 1.807) is 36.4 Å². The Morgan fingerprint density at radius 2 is 1.75 bits per heavy atom. The average molecular weight is 381 g/mol. The van der Waals surface area contributed by atoms with Crippen molar-refractivity contribution in [3.8, 4) is 11.3 Å². The van der Waals surface area contributed by atoms with Crippen LogP contribution >= 0.6 is 0 Å². The lowest BCUT2D eigenvalue weighted by Gasteiger charge is -2.32. The van der Waals surface area contributed by atoms with Gasteiger partial charge in [0.25, 0.3) is 5.91 Å². The largest absolute Gasteiger partial charge is 0.480 e. The van der Waals surface area contributed by atoms with Crippen molar-refractivity contribution in [1.82, 2.24) is 4.90 Å². The van der Waals surface area contributed by atoms with Crippen molar-refractivity contribution in [1.29, 1.82) is 0 Å². The van der Waals surface area contributed by atoms with E-state index >= 15 is 0 Å². The minimum Gasteiger partial charge on any atom is -0.480 e. The van der Waals surface area contributed by atoms with Crippen LogP contribution in [0.1, 0.15) is 59.9 Å². The van der Waals surface area contributed by atoms with Crippen LogP contribution in [-0.2, 0) is 4.79 Å². The van der Waals surface area contributed by atoms with Crippen molar-refractivity contribution < 1.29 is 23.9 Å². The maximum absolute atomic E-state index is 13.1. The van der Waals surface area contributed by atoms with E-state index in [4.69, 9.17) is 4.42 Å². The molecule has 1 aromatic carbocycles. The Kier molecular flexibility index (Phi) is 4.79. The molecule has 6 nitrogen and oxygen atoms in total. The number of hydrogen-bond acceptors (Lipinski definition) is 4. The number of benzene rings is 1. The van der Waals surface area contributed by atoms with E-state index in [1.807, 2.05) is 0 Å². The van der Waals surface area contributed by atoms with Crippen molar-refractivity contribution in [2.45, 2.75) is 51.1 Å². The second kappa shape index (κ2) is 7.26. The lowest BCUT2D eigenvalue weighted by Crippen LogP contribution is -2.46. The number of ketones is 1. The normalized spacial score (nSPS) is 24.0. The third kappa shape index (κ3) is 3.23. The monoisotopic (exact) mass is 381 g/mol. The van der Waals surface area contributed by atoms with Crippen molar-refractivity contribution in [2.75, 3.05) is 0 Å². The number of likely N-dealkylation sites (tertiary alicyclic amines) is 1. The topological polar surface area (TPSA) is 87.8 Å². The Balaban J connectivity index is 1.59. The van der Waals surface area contributed by atoms with Gasteiger partial charge in [0, 0.05) is 17.2 Å². The summed E-state index contributed by atoms with van der Waals surface area (Å²) in [5.74, 6) is -0.388. The third-order valence-corrected chi connectivity index (χ3v) is 6.00. The summed E-state index contributed by atoms with van der Waals surface area (Å²) in [7, 11) is 0. The second-order valence-corrected chi connectivity index (χ2v) is 7.71. The number of nitrogens with zero attached hydrogens (tertiary/aromatic N) is 1. The van der Waals surface area contributed by atoms with E-state index in [1.165, 1.54) is 11.8 Å². The molecule has 1 amide bonds. The molecule has 1 aliphatic carbocycles. The minimum atomic E-state index is -0.950. The molecule has 0 radical (unpaired) electrons. The summed E-state index contributed by atoms with van der Waals surface area (Å²) in [5.41, 5.74) is 1.37. The fourth-order valence-electron chi connectivity index (χ4n) is 4.58. The molecule has 6 heteroatoms. The Morgan fingerprint density at radius 3 is 2.43 bits per heavy atom. The highest BCUT2D eigenvalue weighted by molar-refractivity contribution is 5.96. The van der Waals surface area contributed by atoms with Gasteiger partial charge in [0.1, 0.15) is 11.8 Å². The van der Waals surface area contributed by atoms with Crippen LogP contribution in [0.4, 0.5) is 0 Å². The van der Waals surface area contributed by atoms with Crippen LogP contribution in [0.25, 0.3) is 11.3 Å². The molecule has 0 bridgehead atoms. The first-order chi connectivity index (χ1) is 13.5. The molecule has 4 rings (SSSR count). The van der Waals surface area contributed by atoms with Gasteiger partial charge >= 0.3 is 5.97 Å². The van der Waals surface area contributed by atoms with Crippen molar-refractivity contribution in [3.05, 3.63) is 47.7 Å². The van der Waals surface area contributed by atoms with E-state index in [0.29, 0.717) is 17.7 Å². The Morgan fingerprint density at radius 1 is 1.04 bits per heavy atom. The average Bonchev–Trinajstić information content (AvgIpc) is 3.33. The Bertz CT molecular complexity index is 913. The molecule has 1 saturated carbocycles. The van der Waals surface area contributed by atoms with Gasteiger partial charge in [-0.05, 0) is 44.2 Å². The van der Waals surface area contributed by atoms with Crippen LogP contribution in [0.2, 0.25) is 0 Å².